The zero-order chi connectivity index (χ0) is 15.8. The Morgan fingerprint density at radius 3 is 2.55 bits per heavy atom. The molecule has 0 radical (unpaired) electrons. The van der Waals surface area contributed by atoms with Crippen LogP contribution in [0.3, 0.4) is 0 Å². The third-order valence-electron chi connectivity index (χ3n) is 3.46. The van der Waals surface area contributed by atoms with Crippen LogP contribution < -0.4 is 10.1 Å². The van der Waals surface area contributed by atoms with Gasteiger partial charge >= 0.3 is 0 Å². The van der Waals surface area contributed by atoms with Gasteiger partial charge in [0.05, 0.1) is 5.60 Å². The fourth-order valence-electron chi connectivity index (χ4n) is 2.25. The molecule has 0 saturated heterocycles. The summed E-state index contributed by atoms with van der Waals surface area (Å²) in [6.07, 6.45) is 5.22. The molecule has 2 aromatic rings. The molecule has 2 rings (SSSR count). The Bertz CT molecular complexity index is 629. The van der Waals surface area contributed by atoms with E-state index in [1.54, 1.807) is 6.92 Å². The number of hydrogen-bond donors (Lipinski definition) is 2. The van der Waals surface area contributed by atoms with E-state index in [1.165, 1.54) is 0 Å². The predicted molar refractivity (Wildman–Crippen MR) is 88.5 cm³/mol. The van der Waals surface area contributed by atoms with Crippen LogP contribution in [0.1, 0.15) is 18.1 Å². The molecule has 0 aliphatic rings. The van der Waals surface area contributed by atoms with Gasteiger partial charge in [-0.05, 0) is 18.6 Å². The number of hydrogen-bond acceptors (Lipinski definition) is 3. The van der Waals surface area contributed by atoms with E-state index < -0.39 is 5.60 Å². The molecule has 22 heavy (non-hydrogen) atoms. The number of aliphatic hydroxyl groups is 1. The standard InChI is InChI=1S/C19H21NO2/c1-3-13-22-18-12-8-7-9-16(18)14-20-15-19(2,21)17-10-5-4-6-11-17/h1,4-12,20-21H,13-15H2,2H3. The van der Waals surface area contributed by atoms with Gasteiger partial charge in [-0.3, -0.25) is 0 Å². The lowest BCUT2D eigenvalue weighted by atomic mass is 9.96. The lowest BCUT2D eigenvalue weighted by Crippen LogP contribution is -2.35. The van der Waals surface area contributed by atoms with Crippen molar-refractivity contribution in [1.82, 2.24) is 5.32 Å². The van der Waals surface area contributed by atoms with Crippen LogP contribution in [0, 0.1) is 12.3 Å². The summed E-state index contributed by atoms with van der Waals surface area (Å²) in [4.78, 5) is 0. The minimum absolute atomic E-state index is 0.249. The lowest BCUT2D eigenvalue weighted by Gasteiger charge is -2.24. The number of nitrogens with one attached hydrogen (secondary N) is 1. The molecule has 2 N–H and O–H groups in total. The van der Waals surface area contributed by atoms with E-state index in [4.69, 9.17) is 11.2 Å². The van der Waals surface area contributed by atoms with Gasteiger partial charge in [-0.1, -0.05) is 54.5 Å². The van der Waals surface area contributed by atoms with Crippen molar-refractivity contribution in [3.8, 4) is 18.1 Å². The molecule has 0 aliphatic heterocycles. The van der Waals surface area contributed by atoms with E-state index in [1.807, 2.05) is 54.6 Å². The first-order valence-electron chi connectivity index (χ1n) is 7.26. The van der Waals surface area contributed by atoms with Gasteiger partial charge in [0.1, 0.15) is 12.4 Å². The molecule has 0 fully saturated rings. The molecule has 3 nitrogen and oxygen atoms in total. The molecule has 0 aliphatic carbocycles. The second-order valence-corrected chi connectivity index (χ2v) is 5.34. The first-order valence-corrected chi connectivity index (χ1v) is 7.26. The number of benzene rings is 2. The number of para-hydroxylation sites is 1. The fourth-order valence-corrected chi connectivity index (χ4v) is 2.25. The minimum Gasteiger partial charge on any atom is -0.481 e. The Kier molecular flexibility index (Phi) is 5.60. The SMILES string of the molecule is C#CCOc1ccccc1CNCC(C)(O)c1ccccc1. The summed E-state index contributed by atoms with van der Waals surface area (Å²) in [6, 6.07) is 17.4. The van der Waals surface area contributed by atoms with Crippen LogP contribution in [0.15, 0.2) is 54.6 Å². The molecule has 114 valence electrons. The maximum Gasteiger partial charge on any atom is 0.148 e. The smallest absolute Gasteiger partial charge is 0.148 e. The first kappa shape index (κ1) is 16.1. The van der Waals surface area contributed by atoms with Crippen molar-refractivity contribution in [2.45, 2.75) is 19.1 Å². The van der Waals surface area contributed by atoms with Gasteiger partial charge in [-0.25, -0.2) is 0 Å². The minimum atomic E-state index is -0.921. The van der Waals surface area contributed by atoms with Gasteiger partial charge in [0, 0.05) is 18.7 Å². The van der Waals surface area contributed by atoms with E-state index in [-0.39, 0.29) is 6.61 Å². The predicted octanol–water partition coefficient (Wildman–Crippen LogP) is 2.70. The molecule has 1 unspecified atom stereocenters. The van der Waals surface area contributed by atoms with Crippen LogP contribution in [-0.2, 0) is 12.1 Å². The molecule has 0 saturated carbocycles. The molecule has 2 aromatic carbocycles. The van der Waals surface area contributed by atoms with E-state index in [0.717, 1.165) is 16.9 Å². The van der Waals surface area contributed by atoms with Crippen molar-refractivity contribution in [1.29, 1.82) is 0 Å². The van der Waals surface area contributed by atoms with Gasteiger partial charge in [-0.15, -0.1) is 6.42 Å². The Balaban J connectivity index is 1.95. The molecule has 0 spiro atoms. The van der Waals surface area contributed by atoms with E-state index in [0.29, 0.717) is 13.1 Å². The molecule has 0 bridgehead atoms. The molecule has 3 heteroatoms. The lowest BCUT2D eigenvalue weighted by molar-refractivity contribution is 0.0566. The highest BCUT2D eigenvalue weighted by atomic mass is 16.5. The highest BCUT2D eigenvalue weighted by Crippen LogP contribution is 2.21. The molecular weight excluding hydrogens is 274 g/mol. The average Bonchev–Trinajstić information content (AvgIpc) is 2.54. The Labute approximate surface area is 131 Å². The van der Waals surface area contributed by atoms with Crippen molar-refractivity contribution < 1.29 is 9.84 Å². The molecule has 0 heterocycles. The van der Waals surface area contributed by atoms with Crippen LogP contribution in [0.2, 0.25) is 0 Å². The Morgan fingerprint density at radius 1 is 1.14 bits per heavy atom. The highest BCUT2D eigenvalue weighted by molar-refractivity contribution is 5.33. The van der Waals surface area contributed by atoms with Crippen molar-refractivity contribution in [2.24, 2.45) is 0 Å². The Hall–Kier alpha value is -2.28. The second-order valence-electron chi connectivity index (χ2n) is 5.34. The van der Waals surface area contributed by atoms with Crippen LogP contribution in [0.5, 0.6) is 5.75 Å². The maximum atomic E-state index is 10.6. The normalized spacial score (nSPS) is 13.1. The van der Waals surface area contributed by atoms with Crippen molar-refractivity contribution in [3.63, 3.8) is 0 Å². The summed E-state index contributed by atoms with van der Waals surface area (Å²) in [6.45, 7) is 3.10. The average molecular weight is 295 g/mol. The fraction of sp³-hybridized carbons (Fsp3) is 0.263. The molecule has 0 aromatic heterocycles. The van der Waals surface area contributed by atoms with Crippen molar-refractivity contribution in [2.75, 3.05) is 13.2 Å². The van der Waals surface area contributed by atoms with E-state index in [2.05, 4.69) is 11.2 Å². The first-order chi connectivity index (χ1) is 10.6. The van der Waals surface area contributed by atoms with Crippen molar-refractivity contribution in [3.05, 3.63) is 65.7 Å². The number of ether oxygens (including phenoxy) is 1. The zero-order valence-corrected chi connectivity index (χ0v) is 12.8. The van der Waals surface area contributed by atoms with Crippen molar-refractivity contribution >= 4 is 0 Å². The van der Waals surface area contributed by atoms with Gasteiger partial charge < -0.3 is 15.2 Å². The van der Waals surface area contributed by atoms with Gasteiger partial charge in [0.15, 0.2) is 0 Å². The van der Waals surface area contributed by atoms with Crippen LogP contribution in [0.25, 0.3) is 0 Å². The second kappa shape index (κ2) is 7.65. The van der Waals surface area contributed by atoms with Gasteiger partial charge in [-0.2, -0.15) is 0 Å². The highest BCUT2D eigenvalue weighted by Gasteiger charge is 2.22. The zero-order valence-electron chi connectivity index (χ0n) is 12.8. The molecular formula is C19H21NO2. The topological polar surface area (TPSA) is 41.5 Å². The number of terminal acetylenes is 1. The maximum absolute atomic E-state index is 10.6. The largest absolute Gasteiger partial charge is 0.481 e. The third kappa shape index (κ3) is 4.36. The monoisotopic (exact) mass is 295 g/mol. The quantitative estimate of drug-likeness (QED) is 0.772. The summed E-state index contributed by atoms with van der Waals surface area (Å²) in [5, 5.41) is 13.8. The van der Waals surface area contributed by atoms with Gasteiger partial charge in [0.25, 0.3) is 0 Å². The van der Waals surface area contributed by atoms with Gasteiger partial charge in [0.2, 0.25) is 0 Å². The van der Waals surface area contributed by atoms with E-state index >= 15 is 0 Å². The summed E-state index contributed by atoms with van der Waals surface area (Å²) in [5.74, 6) is 3.23. The molecule has 0 amide bonds. The van der Waals surface area contributed by atoms with Crippen LogP contribution in [0.4, 0.5) is 0 Å². The van der Waals surface area contributed by atoms with Crippen LogP contribution >= 0.6 is 0 Å². The summed E-state index contributed by atoms with van der Waals surface area (Å²) >= 11 is 0. The van der Waals surface area contributed by atoms with Crippen LogP contribution in [-0.4, -0.2) is 18.3 Å². The summed E-state index contributed by atoms with van der Waals surface area (Å²) < 4.78 is 5.51. The summed E-state index contributed by atoms with van der Waals surface area (Å²) in [7, 11) is 0. The Morgan fingerprint density at radius 2 is 1.82 bits per heavy atom. The third-order valence-corrected chi connectivity index (χ3v) is 3.46. The summed E-state index contributed by atoms with van der Waals surface area (Å²) in [5.41, 5.74) is 0.983. The van der Waals surface area contributed by atoms with E-state index in [9.17, 15) is 5.11 Å². The molecule has 1 atom stereocenters. The number of rotatable bonds is 7.